The maximum atomic E-state index is 12.5. The highest BCUT2D eigenvalue weighted by molar-refractivity contribution is 5.84. The molecule has 4 nitrogen and oxygen atoms in total. The molecule has 0 atom stereocenters. The van der Waals surface area contributed by atoms with Gasteiger partial charge < -0.3 is 4.74 Å². The highest BCUT2D eigenvalue weighted by Gasteiger charge is 2.02. The van der Waals surface area contributed by atoms with Crippen LogP contribution in [0.2, 0.25) is 0 Å². The van der Waals surface area contributed by atoms with E-state index in [1.807, 2.05) is 0 Å². The molecule has 0 aliphatic carbocycles. The fraction of sp³-hybridized carbons (Fsp3) is 0.250. The molecular weight excluding hydrogens is 175 g/mol. The van der Waals surface area contributed by atoms with Gasteiger partial charge in [0.25, 0.3) is 0 Å². The van der Waals surface area contributed by atoms with E-state index in [2.05, 4.69) is 15.0 Å². The lowest BCUT2D eigenvalue weighted by molar-refractivity contribution is 0.168. The van der Waals surface area contributed by atoms with E-state index in [-0.39, 0.29) is 12.3 Å². The number of aromatic nitrogens is 1. The summed E-state index contributed by atoms with van der Waals surface area (Å²) >= 11 is 0. The van der Waals surface area contributed by atoms with E-state index in [4.69, 9.17) is 0 Å². The van der Waals surface area contributed by atoms with Crippen molar-refractivity contribution in [1.29, 1.82) is 0 Å². The van der Waals surface area contributed by atoms with Crippen molar-refractivity contribution in [3.05, 3.63) is 24.3 Å². The zero-order chi connectivity index (χ0) is 9.68. The molecule has 1 rings (SSSR count). The van der Waals surface area contributed by atoms with Crippen molar-refractivity contribution < 1.29 is 13.9 Å². The molecule has 0 fully saturated rings. The molecule has 0 saturated heterocycles. The van der Waals surface area contributed by atoms with Crippen LogP contribution in [0.15, 0.2) is 18.5 Å². The number of rotatable bonds is 2. The van der Waals surface area contributed by atoms with Crippen molar-refractivity contribution in [1.82, 2.24) is 4.98 Å². The second kappa shape index (κ2) is 4.39. The third-order valence-electron chi connectivity index (χ3n) is 1.23. The van der Waals surface area contributed by atoms with Crippen LogP contribution in [0.1, 0.15) is 6.92 Å². The number of carbonyl (C=O) groups excluding carboxylic acids is 1. The molecule has 0 saturated carbocycles. The van der Waals surface area contributed by atoms with E-state index in [1.165, 1.54) is 6.20 Å². The average molecular weight is 184 g/mol. The van der Waals surface area contributed by atoms with E-state index in [0.29, 0.717) is 0 Å². The van der Waals surface area contributed by atoms with Crippen LogP contribution >= 0.6 is 0 Å². The Morgan fingerprint density at radius 1 is 1.69 bits per heavy atom. The van der Waals surface area contributed by atoms with Gasteiger partial charge in [-0.05, 0) is 6.92 Å². The number of pyridine rings is 1. The molecule has 5 heteroatoms. The second-order valence-electron chi connectivity index (χ2n) is 2.24. The maximum Gasteiger partial charge on any atom is 0.411 e. The van der Waals surface area contributed by atoms with Gasteiger partial charge in [0.1, 0.15) is 5.82 Å². The number of hydrogen-bond acceptors (Lipinski definition) is 3. The third kappa shape index (κ3) is 3.06. The molecule has 13 heavy (non-hydrogen) atoms. The minimum Gasteiger partial charge on any atom is -0.450 e. The van der Waals surface area contributed by atoms with E-state index < -0.39 is 11.9 Å². The van der Waals surface area contributed by atoms with Gasteiger partial charge in [-0.25, -0.2) is 9.18 Å². The summed E-state index contributed by atoms with van der Waals surface area (Å²) in [7, 11) is 0. The summed E-state index contributed by atoms with van der Waals surface area (Å²) in [5.74, 6) is -0.505. The van der Waals surface area contributed by atoms with Gasteiger partial charge in [0.2, 0.25) is 0 Å². The molecule has 1 N–H and O–H groups in total. The summed E-state index contributed by atoms with van der Waals surface area (Å²) in [6.45, 7) is 1.96. The van der Waals surface area contributed by atoms with E-state index >= 15 is 0 Å². The minimum absolute atomic E-state index is 0.272. The fourth-order valence-corrected chi connectivity index (χ4v) is 0.765. The molecule has 1 amide bonds. The highest BCUT2D eigenvalue weighted by Crippen LogP contribution is 2.06. The lowest BCUT2D eigenvalue weighted by Gasteiger charge is -2.03. The predicted molar refractivity (Wildman–Crippen MR) is 44.8 cm³/mol. The smallest absolute Gasteiger partial charge is 0.411 e. The van der Waals surface area contributed by atoms with Crippen LogP contribution in [0.25, 0.3) is 0 Å². The number of anilines is 1. The molecular formula is C8H9FN2O2. The van der Waals surface area contributed by atoms with Crippen LogP contribution in [0, 0.1) is 5.82 Å². The first-order valence-electron chi connectivity index (χ1n) is 3.76. The van der Waals surface area contributed by atoms with Crippen molar-refractivity contribution in [2.45, 2.75) is 6.92 Å². The zero-order valence-electron chi connectivity index (χ0n) is 7.08. The van der Waals surface area contributed by atoms with Crippen molar-refractivity contribution in [2.75, 3.05) is 11.9 Å². The van der Waals surface area contributed by atoms with Crippen molar-refractivity contribution in [3.63, 3.8) is 0 Å². The van der Waals surface area contributed by atoms with Crippen molar-refractivity contribution in [2.24, 2.45) is 0 Å². The standard InChI is InChI=1S/C8H9FN2O2/c1-2-13-8(12)11-7-3-6(9)4-10-5-7/h3-5H,2H2,1H3,(H,11,12). The molecule has 0 radical (unpaired) electrons. The Labute approximate surface area is 74.7 Å². The first-order chi connectivity index (χ1) is 6.22. The highest BCUT2D eigenvalue weighted by atomic mass is 19.1. The number of nitrogens with one attached hydrogen (secondary N) is 1. The first kappa shape index (κ1) is 9.44. The summed E-state index contributed by atoms with van der Waals surface area (Å²) in [5, 5.41) is 2.32. The van der Waals surface area contributed by atoms with E-state index in [9.17, 15) is 9.18 Å². The fourth-order valence-electron chi connectivity index (χ4n) is 0.765. The van der Waals surface area contributed by atoms with Gasteiger partial charge in [-0.3, -0.25) is 10.3 Å². The van der Waals surface area contributed by atoms with Gasteiger partial charge >= 0.3 is 6.09 Å². The Morgan fingerprint density at radius 2 is 2.46 bits per heavy atom. The summed E-state index contributed by atoms with van der Waals surface area (Å²) in [4.78, 5) is 14.4. The van der Waals surface area contributed by atoms with Crippen molar-refractivity contribution in [3.8, 4) is 0 Å². The topological polar surface area (TPSA) is 51.2 Å². The number of amides is 1. The largest absolute Gasteiger partial charge is 0.450 e. The summed E-state index contributed by atoms with van der Waals surface area (Å²) in [6.07, 6.45) is 1.77. The van der Waals surface area contributed by atoms with Gasteiger partial charge in [0.05, 0.1) is 24.7 Å². The van der Waals surface area contributed by atoms with Gasteiger partial charge in [-0.1, -0.05) is 0 Å². The van der Waals surface area contributed by atoms with E-state index in [0.717, 1.165) is 12.3 Å². The lowest BCUT2D eigenvalue weighted by atomic mass is 10.4. The van der Waals surface area contributed by atoms with Gasteiger partial charge in [-0.2, -0.15) is 0 Å². The van der Waals surface area contributed by atoms with Crippen LogP contribution in [0.5, 0.6) is 0 Å². The Hall–Kier alpha value is -1.65. The molecule has 1 heterocycles. The molecule has 0 unspecified atom stereocenters. The molecule has 70 valence electrons. The molecule has 0 bridgehead atoms. The van der Waals surface area contributed by atoms with Gasteiger partial charge in [0, 0.05) is 6.07 Å². The number of carbonyl (C=O) groups is 1. The number of nitrogens with zero attached hydrogens (tertiary/aromatic N) is 1. The van der Waals surface area contributed by atoms with Crippen LogP contribution < -0.4 is 5.32 Å². The summed E-state index contributed by atoms with van der Waals surface area (Å²) in [6, 6.07) is 1.16. The number of hydrogen-bond donors (Lipinski definition) is 1. The normalized spacial score (nSPS) is 9.38. The minimum atomic E-state index is -0.616. The molecule has 0 aromatic carbocycles. The monoisotopic (exact) mass is 184 g/mol. The maximum absolute atomic E-state index is 12.5. The van der Waals surface area contributed by atoms with Crippen molar-refractivity contribution >= 4 is 11.8 Å². The molecule has 1 aromatic heterocycles. The summed E-state index contributed by atoms with van der Waals surface area (Å²) < 4.78 is 17.1. The predicted octanol–water partition coefficient (Wildman–Crippen LogP) is 1.79. The summed E-state index contributed by atoms with van der Waals surface area (Å²) in [5.41, 5.74) is 0.276. The van der Waals surface area contributed by atoms with E-state index in [1.54, 1.807) is 6.92 Å². The van der Waals surface area contributed by atoms with Crippen LogP contribution in [0.3, 0.4) is 0 Å². The molecule has 0 aliphatic heterocycles. The molecule has 0 spiro atoms. The average Bonchev–Trinajstić information content (AvgIpc) is 2.04. The van der Waals surface area contributed by atoms with Crippen LogP contribution in [-0.4, -0.2) is 17.7 Å². The Morgan fingerprint density at radius 3 is 3.08 bits per heavy atom. The second-order valence-corrected chi connectivity index (χ2v) is 2.24. The van der Waals surface area contributed by atoms with Crippen LogP contribution in [0.4, 0.5) is 14.9 Å². The Kier molecular flexibility index (Phi) is 3.19. The quantitative estimate of drug-likeness (QED) is 0.762. The third-order valence-corrected chi connectivity index (χ3v) is 1.23. The molecule has 1 aromatic rings. The number of halogens is 1. The lowest BCUT2D eigenvalue weighted by Crippen LogP contribution is -2.13. The Balaban J connectivity index is 2.58. The zero-order valence-corrected chi connectivity index (χ0v) is 7.08. The van der Waals surface area contributed by atoms with Crippen LogP contribution in [-0.2, 0) is 4.74 Å². The first-order valence-corrected chi connectivity index (χ1v) is 3.76. The Bertz CT molecular complexity index is 304. The number of ether oxygens (including phenoxy) is 1. The SMILES string of the molecule is CCOC(=O)Nc1cncc(F)c1. The van der Waals surface area contributed by atoms with Gasteiger partial charge in [-0.15, -0.1) is 0 Å². The van der Waals surface area contributed by atoms with Gasteiger partial charge in [0.15, 0.2) is 0 Å². The molecule has 0 aliphatic rings.